The van der Waals surface area contributed by atoms with Crippen LogP contribution in [0.3, 0.4) is 0 Å². The minimum Gasteiger partial charge on any atom is -0.349 e. The number of carbonyl (C=O) groups is 1. The third-order valence-electron chi connectivity index (χ3n) is 8.50. The van der Waals surface area contributed by atoms with Crippen LogP contribution in [0.2, 0.25) is 0 Å². The van der Waals surface area contributed by atoms with Gasteiger partial charge in [-0.2, -0.15) is 0 Å². The minimum absolute atomic E-state index is 0.139. The van der Waals surface area contributed by atoms with Crippen LogP contribution in [0.15, 0.2) is 24.3 Å². The molecule has 4 bridgehead atoms. The van der Waals surface area contributed by atoms with Crippen molar-refractivity contribution in [2.75, 3.05) is 0 Å². The molecule has 0 spiro atoms. The van der Waals surface area contributed by atoms with E-state index in [1.807, 2.05) is 18.2 Å². The third kappa shape index (κ3) is 2.47. The molecule has 7 rings (SSSR count). The van der Waals surface area contributed by atoms with Crippen LogP contribution >= 0.6 is 0 Å². The average Bonchev–Trinajstić information content (AvgIpc) is 3.12. The Kier molecular flexibility index (Phi) is 3.67. The number of aromatic nitrogens is 1. The predicted octanol–water partition coefficient (Wildman–Crippen LogP) is 5.06. The van der Waals surface area contributed by atoms with E-state index >= 15 is 0 Å². The fourth-order valence-electron chi connectivity index (χ4n) is 7.60. The van der Waals surface area contributed by atoms with Gasteiger partial charge in [0.1, 0.15) is 0 Å². The van der Waals surface area contributed by atoms with E-state index in [1.54, 1.807) is 0 Å². The maximum atomic E-state index is 13.6. The van der Waals surface area contributed by atoms with Crippen molar-refractivity contribution < 1.29 is 4.79 Å². The molecule has 5 aliphatic rings. The van der Waals surface area contributed by atoms with Crippen LogP contribution in [-0.2, 0) is 12.8 Å². The smallest absolute Gasteiger partial charge is 0.252 e. The second kappa shape index (κ2) is 6.05. The molecule has 0 unspecified atom stereocenters. The van der Waals surface area contributed by atoms with Gasteiger partial charge in [0.25, 0.3) is 5.91 Å². The molecule has 1 amide bonds. The molecule has 0 radical (unpaired) electrons. The lowest BCUT2D eigenvalue weighted by molar-refractivity contribution is -0.0687. The predicted molar refractivity (Wildman–Crippen MR) is 111 cm³/mol. The zero-order valence-corrected chi connectivity index (χ0v) is 16.8. The molecule has 1 atom stereocenters. The molecule has 28 heavy (non-hydrogen) atoms. The van der Waals surface area contributed by atoms with Crippen LogP contribution in [0.5, 0.6) is 0 Å². The molecule has 4 saturated carbocycles. The van der Waals surface area contributed by atoms with E-state index in [9.17, 15) is 4.79 Å². The summed E-state index contributed by atoms with van der Waals surface area (Å²) >= 11 is 0. The van der Waals surface area contributed by atoms with Crippen molar-refractivity contribution >= 4 is 16.8 Å². The highest BCUT2D eigenvalue weighted by Crippen LogP contribution is 2.61. The summed E-state index contributed by atoms with van der Waals surface area (Å²) in [6.07, 6.45) is 11.4. The summed E-state index contributed by atoms with van der Waals surface area (Å²) in [5, 5.41) is 4.53. The van der Waals surface area contributed by atoms with E-state index in [0.717, 1.165) is 59.2 Å². The number of fused-ring (bicyclic) bond motifs is 2. The van der Waals surface area contributed by atoms with Gasteiger partial charge in [-0.05, 0) is 99.5 Å². The summed E-state index contributed by atoms with van der Waals surface area (Å²) in [4.78, 5) is 18.4. The maximum absolute atomic E-state index is 13.6. The average molecular weight is 375 g/mol. The summed E-state index contributed by atoms with van der Waals surface area (Å²) in [5.74, 6) is 2.88. The summed E-state index contributed by atoms with van der Waals surface area (Å²) in [7, 11) is 0. The number of nitrogens with one attached hydrogen (secondary N) is 1. The Morgan fingerprint density at radius 2 is 1.75 bits per heavy atom. The van der Waals surface area contributed by atoms with E-state index in [4.69, 9.17) is 4.98 Å². The van der Waals surface area contributed by atoms with Crippen LogP contribution in [0.4, 0.5) is 0 Å². The molecule has 3 heteroatoms. The summed E-state index contributed by atoms with van der Waals surface area (Å²) in [6, 6.07) is 8.44. The molecule has 1 aromatic heterocycles. The van der Waals surface area contributed by atoms with Gasteiger partial charge in [0, 0.05) is 17.1 Å². The van der Waals surface area contributed by atoms with Crippen molar-refractivity contribution in [1.82, 2.24) is 10.3 Å². The van der Waals surface area contributed by atoms with Gasteiger partial charge >= 0.3 is 0 Å². The Hall–Kier alpha value is -1.90. The zero-order chi connectivity index (χ0) is 18.9. The lowest BCUT2D eigenvalue weighted by Crippen LogP contribution is -2.55. The first-order chi connectivity index (χ1) is 13.6. The van der Waals surface area contributed by atoms with Gasteiger partial charge in [0.2, 0.25) is 0 Å². The van der Waals surface area contributed by atoms with Crippen LogP contribution in [0, 0.1) is 23.2 Å². The molecule has 3 nitrogen and oxygen atoms in total. The normalized spacial score (nSPS) is 33.8. The van der Waals surface area contributed by atoms with E-state index in [0.29, 0.717) is 5.41 Å². The number of para-hydroxylation sites is 1. The SMILES string of the molecule is C[C@@H](NC(=O)c1c2c(nc3ccccc13)CCC2)C12CC3CC(CC(C3)C1)C2. The van der Waals surface area contributed by atoms with E-state index in [1.165, 1.54) is 44.1 Å². The number of hydrogen-bond donors (Lipinski definition) is 1. The summed E-state index contributed by atoms with van der Waals surface area (Å²) in [6.45, 7) is 2.29. The van der Waals surface area contributed by atoms with Crippen LogP contribution < -0.4 is 5.32 Å². The molecule has 1 heterocycles. The maximum Gasteiger partial charge on any atom is 0.252 e. The highest BCUT2D eigenvalue weighted by molar-refractivity contribution is 6.08. The molecular formula is C25H30N2O. The van der Waals surface area contributed by atoms with Gasteiger partial charge in [-0.15, -0.1) is 0 Å². The van der Waals surface area contributed by atoms with Gasteiger partial charge in [0.05, 0.1) is 11.1 Å². The largest absolute Gasteiger partial charge is 0.349 e. The number of aryl methyl sites for hydroxylation is 1. The number of amides is 1. The first kappa shape index (κ1) is 17.0. The minimum atomic E-state index is 0.139. The number of nitrogens with zero attached hydrogens (tertiary/aromatic N) is 1. The van der Waals surface area contributed by atoms with Gasteiger partial charge in [-0.3, -0.25) is 9.78 Å². The Bertz CT molecular complexity index is 927. The number of pyridine rings is 1. The monoisotopic (exact) mass is 374 g/mol. The van der Waals surface area contributed by atoms with E-state index < -0.39 is 0 Å². The molecule has 0 saturated heterocycles. The second-order valence-corrected chi connectivity index (χ2v) is 10.3. The van der Waals surface area contributed by atoms with Crippen molar-refractivity contribution in [1.29, 1.82) is 0 Å². The molecule has 146 valence electrons. The standard InChI is InChI=1S/C25H30N2O/c1-15(25-12-16-9-17(13-25)11-18(10-16)14-25)26-24(28)23-19-5-2-3-7-21(19)27-22-8-4-6-20(22)23/h2-3,5,7,15-18H,4,6,8-14H2,1H3,(H,26,28)/t15-,16?,17?,18?,25?/m1/s1. The van der Waals surface area contributed by atoms with Gasteiger partial charge in [0.15, 0.2) is 0 Å². The number of carbonyl (C=O) groups excluding carboxylic acids is 1. The molecular weight excluding hydrogens is 344 g/mol. The fraction of sp³-hybridized carbons (Fsp3) is 0.600. The molecule has 2 aromatic rings. The van der Waals surface area contributed by atoms with E-state index in [2.05, 4.69) is 18.3 Å². The lowest BCUT2D eigenvalue weighted by Gasteiger charge is -2.59. The Labute approximate surface area is 167 Å². The third-order valence-corrected chi connectivity index (χ3v) is 8.50. The molecule has 4 fully saturated rings. The number of hydrogen-bond acceptors (Lipinski definition) is 2. The first-order valence-corrected chi connectivity index (χ1v) is 11.3. The van der Waals surface area contributed by atoms with Gasteiger partial charge in [-0.25, -0.2) is 0 Å². The van der Waals surface area contributed by atoms with Crippen molar-refractivity contribution in [3.63, 3.8) is 0 Å². The highest BCUT2D eigenvalue weighted by Gasteiger charge is 2.53. The van der Waals surface area contributed by atoms with Crippen molar-refractivity contribution in [3.8, 4) is 0 Å². The Morgan fingerprint density at radius 3 is 2.46 bits per heavy atom. The van der Waals surface area contributed by atoms with Crippen LogP contribution in [0.25, 0.3) is 10.9 Å². The van der Waals surface area contributed by atoms with Gasteiger partial charge < -0.3 is 5.32 Å². The number of rotatable bonds is 3. The molecule has 0 aliphatic heterocycles. The first-order valence-electron chi connectivity index (χ1n) is 11.3. The lowest BCUT2D eigenvalue weighted by atomic mass is 9.48. The topological polar surface area (TPSA) is 42.0 Å². The van der Waals surface area contributed by atoms with Crippen molar-refractivity contribution in [3.05, 3.63) is 41.1 Å². The highest BCUT2D eigenvalue weighted by atomic mass is 16.1. The van der Waals surface area contributed by atoms with E-state index in [-0.39, 0.29) is 11.9 Å². The fourth-order valence-corrected chi connectivity index (χ4v) is 7.60. The summed E-state index contributed by atoms with van der Waals surface area (Å²) < 4.78 is 0. The number of benzene rings is 1. The van der Waals surface area contributed by atoms with Crippen LogP contribution in [0.1, 0.15) is 73.5 Å². The quantitative estimate of drug-likeness (QED) is 0.816. The Balaban J connectivity index is 1.34. The zero-order valence-electron chi connectivity index (χ0n) is 16.8. The summed E-state index contributed by atoms with van der Waals surface area (Å²) in [5.41, 5.74) is 4.57. The van der Waals surface area contributed by atoms with Gasteiger partial charge in [-0.1, -0.05) is 18.2 Å². The van der Waals surface area contributed by atoms with Crippen LogP contribution in [-0.4, -0.2) is 16.9 Å². The Morgan fingerprint density at radius 1 is 1.07 bits per heavy atom. The molecule has 5 aliphatic carbocycles. The van der Waals surface area contributed by atoms with Crippen molar-refractivity contribution in [2.24, 2.45) is 23.2 Å². The molecule has 1 N–H and O–H groups in total. The molecule has 1 aromatic carbocycles. The van der Waals surface area contributed by atoms with Crippen molar-refractivity contribution in [2.45, 2.75) is 70.8 Å². The second-order valence-electron chi connectivity index (χ2n) is 10.3.